The highest BCUT2D eigenvalue weighted by molar-refractivity contribution is 9.10. The summed E-state index contributed by atoms with van der Waals surface area (Å²) in [7, 11) is 1.88. The fraction of sp³-hybridized carbons (Fsp3) is 0.647. The largest absolute Gasteiger partial charge is 0.377 e. The molecule has 1 aliphatic carbocycles. The molecular formula is C17H26BrNO. The lowest BCUT2D eigenvalue weighted by Gasteiger charge is -2.37. The van der Waals surface area contributed by atoms with Gasteiger partial charge in [0.2, 0.25) is 0 Å². The van der Waals surface area contributed by atoms with Gasteiger partial charge in [-0.05, 0) is 43.9 Å². The molecule has 2 rings (SSSR count). The molecule has 1 atom stereocenters. The molecule has 112 valence electrons. The molecule has 0 bridgehead atoms. The first-order valence-electron chi connectivity index (χ1n) is 7.74. The smallest absolute Gasteiger partial charge is 0.0834 e. The van der Waals surface area contributed by atoms with Crippen LogP contribution < -0.4 is 5.32 Å². The summed E-state index contributed by atoms with van der Waals surface area (Å²) in [4.78, 5) is 0. The maximum absolute atomic E-state index is 5.99. The zero-order chi connectivity index (χ0) is 14.4. The Morgan fingerprint density at radius 1 is 1.30 bits per heavy atom. The Hall–Kier alpha value is -0.380. The molecule has 1 aromatic carbocycles. The normalized spacial score (nSPS) is 19.1. The highest BCUT2D eigenvalue weighted by atomic mass is 79.9. The molecule has 1 saturated carbocycles. The lowest BCUT2D eigenvalue weighted by Crippen LogP contribution is -2.52. The van der Waals surface area contributed by atoms with E-state index in [0.29, 0.717) is 6.04 Å². The first-order valence-corrected chi connectivity index (χ1v) is 8.53. The van der Waals surface area contributed by atoms with Crippen molar-refractivity contribution in [3.8, 4) is 0 Å². The molecule has 1 fully saturated rings. The van der Waals surface area contributed by atoms with Gasteiger partial charge in [0.25, 0.3) is 0 Å². The first-order chi connectivity index (χ1) is 9.72. The van der Waals surface area contributed by atoms with E-state index in [1.807, 2.05) is 7.11 Å². The molecule has 1 aliphatic rings. The molecule has 1 N–H and O–H groups in total. The average molecular weight is 340 g/mol. The molecule has 0 aromatic heterocycles. The predicted molar refractivity (Wildman–Crippen MR) is 88.1 cm³/mol. The molecule has 0 aliphatic heterocycles. The van der Waals surface area contributed by atoms with Gasteiger partial charge < -0.3 is 10.1 Å². The summed E-state index contributed by atoms with van der Waals surface area (Å²) in [5.74, 6) is 0. The van der Waals surface area contributed by atoms with E-state index >= 15 is 0 Å². The van der Waals surface area contributed by atoms with Crippen molar-refractivity contribution in [2.45, 2.75) is 57.1 Å². The number of ether oxygens (including phenoxy) is 1. The third kappa shape index (κ3) is 3.63. The predicted octanol–water partition coefficient (Wildman–Crippen LogP) is 4.32. The van der Waals surface area contributed by atoms with E-state index in [1.165, 1.54) is 35.7 Å². The standard InChI is InChI=1S/C17H26BrNO/c1-3-12-19-16(17(20-2)10-6-7-11-17)13-14-8-4-5-9-15(14)18/h4-5,8-9,16,19H,3,6-7,10-13H2,1-2H3. The quantitative estimate of drug-likeness (QED) is 0.798. The summed E-state index contributed by atoms with van der Waals surface area (Å²) >= 11 is 3.67. The van der Waals surface area contributed by atoms with Crippen LogP contribution in [0.15, 0.2) is 28.7 Å². The summed E-state index contributed by atoms with van der Waals surface area (Å²) in [6.07, 6.45) is 7.11. The van der Waals surface area contributed by atoms with Crippen molar-refractivity contribution < 1.29 is 4.74 Å². The van der Waals surface area contributed by atoms with Gasteiger partial charge in [-0.2, -0.15) is 0 Å². The Morgan fingerprint density at radius 2 is 2.00 bits per heavy atom. The third-order valence-electron chi connectivity index (χ3n) is 4.51. The Morgan fingerprint density at radius 3 is 2.60 bits per heavy atom. The van der Waals surface area contributed by atoms with Crippen LogP contribution in [0.5, 0.6) is 0 Å². The van der Waals surface area contributed by atoms with E-state index in [0.717, 1.165) is 19.4 Å². The zero-order valence-corrected chi connectivity index (χ0v) is 14.2. The number of benzene rings is 1. The maximum atomic E-state index is 5.99. The van der Waals surface area contributed by atoms with Crippen molar-refractivity contribution in [3.63, 3.8) is 0 Å². The SMILES string of the molecule is CCCNC(Cc1ccccc1Br)C1(OC)CCCC1. The third-order valence-corrected chi connectivity index (χ3v) is 5.29. The molecule has 0 spiro atoms. The number of nitrogens with one attached hydrogen (secondary N) is 1. The molecule has 1 unspecified atom stereocenters. The topological polar surface area (TPSA) is 21.3 Å². The van der Waals surface area contributed by atoms with Crippen LogP contribution in [-0.2, 0) is 11.2 Å². The van der Waals surface area contributed by atoms with Gasteiger partial charge in [0, 0.05) is 17.6 Å². The van der Waals surface area contributed by atoms with Crippen LogP contribution in [0.4, 0.5) is 0 Å². The molecular weight excluding hydrogens is 314 g/mol. The van der Waals surface area contributed by atoms with E-state index in [2.05, 4.69) is 52.4 Å². The summed E-state index contributed by atoms with van der Waals surface area (Å²) in [6, 6.07) is 8.92. The van der Waals surface area contributed by atoms with Crippen molar-refractivity contribution in [3.05, 3.63) is 34.3 Å². The lowest BCUT2D eigenvalue weighted by molar-refractivity contribution is -0.0355. The van der Waals surface area contributed by atoms with Crippen molar-refractivity contribution in [2.24, 2.45) is 0 Å². The van der Waals surface area contributed by atoms with E-state index in [4.69, 9.17) is 4.74 Å². The highest BCUT2D eigenvalue weighted by Gasteiger charge is 2.41. The van der Waals surface area contributed by atoms with E-state index in [1.54, 1.807) is 0 Å². The second-order valence-electron chi connectivity index (χ2n) is 5.78. The van der Waals surface area contributed by atoms with Crippen molar-refractivity contribution in [1.29, 1.82) is 0 Å². The Balaban J connectivity index is 2.17. The number of rotatable bonds is 7. The van der Waals surface area contributed by atoms with E-state index in [-0.39, 0.29) is 5.60 Å². The Bertz CT molecular complexity index is 415. The molecule has 0 heterocycles. The van der Waals surface area contributed by atoms with Crippen LogP contribution >= 0.6 is 15.9 Å². The Labute approximate surface area is 131 Å². The minimum absolute atomic E-state index is 0.0183. The highest BCUT2D eigenvalue weighted by Crippen LogP contribution is 2.37. The van der Waals surface area contributed by atoms with Gasteiger partial charge in [-0.15, -0.1) is 0 Å². The van der Waals surface area contributed by atoms with Crippen LogP contribution in [0.1, 0.15) is 44.6 Å². The second-order valence-corrected chi connectivity index (χ2v) is 6.63. The van der Waals surface area contributed by atoms with Crippen LogP contribution in [0.25, 0.3) is 0 Å². The monoisotopic (exact) mass is 339 g/mol. The van der Waals surface area contributed by atoms with Crippen LogP contribution in [0.3, 0.4) is 0 Å². The summed E-state index contributed by atoms with van der Waals surface area (Å²) in [6.45, 7) is 3.27. The van der Waals surface area contributed by atoms with Gasteiger partial charge in [0.1, 0.15) is 0 Å². The number of hydrogen-bond donors (Lipinski definition) is 1. The van der Waals surface area contributed by atoms with Crippen molar-refractivity contribution in [1.82, 2.24) is 5.32 Å². The van der Waals surface area contributed by atoms with Gasteiger partial charge in [-0.1, -0.05) is 53.9 Å². The van der Waals surface area contributed by atoms with E-state index < -0.39 is 0 Å². The number of methoxy groups -OCH3 is 1. The van der Waals surface area contributed by atoms with Crippen LogP contribution in [0, 0.1) is 0 Å². The van der Waals surface area contributed by atoms with Gasteiger partial charge >= 0.3 is 0 Å². The fourth-order valence-corrected chi connectivity index (χ4v) is 3.76. The fourth-order valence-electron chi connectivity index (χ4n) is 3.31. The van der Waals surface area contributed by atoms with Gasteiger partial charge in [-0.3, -0.25) is 0 Å². The molecule has 1 aromatic rings. The van der Waals surface area contributed by atoms with Gasteiger partial charge in [0.05, 0.1) is 5.60 Å². The molecule has 20 heavy (non-hydrogen) atoms. The molecule has 0 amide bonds. The minimum atomic E-state index is 0.0183. The number of hydrogen-bond acceptors (Lipinski definition) is 2. The molecule has 0 radical (unpaired) electrons. The summed E-state index contributed by atoms with van der Waals surface area (Å²) < 4.78 is 7.19. The number of halogens is 1. The first kappa shape index (κ1) is 16.0. The average Bonchev–Trinajstić information content (AvgIpc) is 2.95. The summed E-state index contributed by atoms with van der Waals surface area (Å²) in [5.41, 5.74) is 1.38. The molecule has 0 saturated heterocycles. The van der Waals surface area contributed by atoms with Crippen LogP contribution in [-0.4, -0.2) is 25.3 Å². The van der Waals surface area contributed by atoms with E-state index in [9.17, 15) is 0 Å². The zero-order valence-electron chi connectivity index (χ0n) is 12.6. The maximum Gasteiger partial charge on any atom is 0.0834 e. The van der Waals surface area contributed by atoms with Gasteiger partial charge in [-0.25, -0.2) is 0 Å². The summed E-state index contributed by atoms with van der Waals surface area (Å²) in [5, 5.41) is 3.73. The molecule has 2 nitrogen and oxygen atoms in total. The lowest BCUT2D eigenvalue weighted by atomic mass is 9.87. The molecule has 3 heteroatoms. The van der Waals surface area contributed by atoms with Crippen molar-refractivity contribution in [2.75, 3.05) is 13.7 Å². The Kier molecular flexibility index (Phi) is 6.06. The minimum Gasteiger partial charge on any atom is -0.377 e. The van der Waals surface area contributed by atoms with Gasteiger partial charge in [0.15, 0.2) is 0 Å². The second kappa shape index (κ2) is 7.58. The van der Waals surface area contributed by atoms with Crippen LogP contribution in [0.2, 0.25) is 0 Å². The van der Waals surface area contributed by atoms with Crippen molar-refractivity contribution >= 4 is 15.9 Å².